The minimum atomic E-state index is -0.520. The molecule has 0 radical (unpaired) electrons. The molecule has 0 bridgehead atoms. The zero-order chi connectivity index (χ0) is 20.6. The molecule has 0 aliphatic carbocycles. The molecule has 0 fully saturated rings. The van der Waals surface area contributed by atoms with Crippen LogP contribution in [0.25, 0.3) is 0 Å². The molecular weight excluding hydrogens is 394 g/mol. The Morgan fingerprint density at radius 1 is 1.07 bits per heavy atom. The van der Waals surface area contributed by atoms with E-state index in [0.29, 0.717) is 23.2 Å². The maximum absolute atomic E-state index is 12.2. The van der Waals surface area contributed by atoms with E-state index in [1.807, 2.05) is 24.3 Å². The molecule has 1 amide bonds. The smallest absolute Gasteiger partial charge is 0.339 e. The van der Waals surface area contributed by atoms with Gasteiger partial charge >= 0.3 is 5.97 Å². The summed E-state index contributed by atoms with van der Waals surface area (Å²) in [6, 6.07) is 14.2. The number of hydrogen-bond acceptors (Lipinski definition) is 8. The van der Waals surface area contributed by atoms with Gasteiger partial charge in [-0.1, -0.05) is 36.0 Å². The second kappa shape index (κ2) is 9.74. The standard InChI is InChI=1S/C20H19N3O5S/c1-26-14-9-7-13(8-10-14)11-18-22-23-20(28-18)29-12-17(24)21-16-6-4-3-5-15(16)19(25)27-2/h3-10H,11-12H2,1-2H3,(H,21,24). The van der Waals surface area contributed by atoms with E-state index in [0.717, 1.165) is 23.1 Å². The predicted molar refractivity (Wildman–Crippen MR) is 107 cm³/mol. The molecule has 2 aromatic carbocycles. The van der Waals surface area contributed by atoms with Crippen molar-refractivity contribution < 1.29 is 23.5 Å². The molecule has 0 atom stereocenters. The summed E-state index contributed by atoms with van der Waals surface area (Å²) in [5.74, 6) is 0.457. The van der Waals surface area contributed by atoms with Crippen LogP contribution >= 0.6 is 11.8 Å². The molecule has 29 heavy (non-hydrogen) atoms. The number of nitrogens with zero attached hydrogens (tertiary/aromatic N) is 2. The van der Waals surface area contributed by atoms with Gasteiger partial charge < -0.3 is 19.2 Å². The number of rotatable bonds is 8. The molecule has 1 heterocycles. The summed E-state index contributed by atoms with van der Waals surface area (Å²) in [6.07, 6.45) is 0.482. The van der Waals surface area contributed by atoms with Crippen molar-refractivity contribution >= 4 is 29.3 Å². The van der Waals surface area contributed by atoms with Gasteiger partial charge in [-0.25, -0.2) is 4.79 Å². The number of methoxy groups -OCH3 is 2. The zero-order valence-electron chi connectivity index (χ0n) is 15.9. The van der Waals surface area contributed by atoms with Crippen LogP contribution in [0.1, 0.15) is 21.8 Å². The molecule has 0 aliphatic rings. The van der Waals surface area contributed by atoms with Crippen LogP contribution in [0.4, 0.5) is 5.69 Å². The summed E-state index contributed by atoms with van der Waals surface area (Å²) in [7, 11) is 2.90. The van der Waals surface area contributed by atoms with Crippen molar-refractivity contribution in [2.75, 3.05) is 25.3 Å². The van der Waals surface area contributed by atoms with E-state index in [2.05, 4.69) is 15.5 Å². The first-order valence-corrected chi connectivity index (χ1v) is 9.63. The summed E-state index contributed by atoms with van der Waals surface area (Å²) in [6.45, 7) is 0. The van der Waals surface area contributed by atoms with Crippen molar-refractivity contribution in [1.29, 1.82) is 0 Å². The molecular formula is C20H19N3O5S. The first-order valence-electron chi connectivity index (χ1n) is 8.64. The quantitative estimate of drug-likeness (QED) is 0.444. The third-order valence-corrected chi connectivity index (χ3v) is 4.71. The summed E-state index contributed by atoms with van der Waals surface area (Å²) < 4.78 is 15.4. The highest BCUT2D eigenvalue weighted by Gasteiger charge is 2.15. The lowest BCUT2D eigenvalue weighted by Crippen LogP contribution is -2.17. The number of thioether (sulfide) groups is 1. The molecule has 3 aromatic rings. The average molecular weight is 413 g/mol. The molecule has 0 saturated carbocycles. The van der Waals surface area contributed by atoms with Gasteiger partial charge in [0.25, 0.3) is 5.22 Å². The number of esters is 1. The summed E-state index contributed by atoms with van der Waals surface area (Å²) >= 11 is 1.12. The number of nitrogens with one attached hydrogen (secondary N) is 1. The average Bonchev–Trinajstić information content (AvgIpc) is 3.20. The van der Waals surface area contributed by atoms with E-state index < -0.39 is 5.97 Å². The van der Waals surface area contributed by atoms with Crippen LogP contribution < -0.4 is 10.1 Å². The number of carbonyl (C=O) groups excluding carboxylic acids is 2. The van der Waals surface area contributed by atoms with Gasteiger partial charge in [0.1, 0.15) is 5.75 Å². The van der Waals surface area contributed by atoms with Crippen molar-refractivity contribution in [1.82, 2.24) is 10.2 Å². The Morgan fingerprint density at radius 3 is 2.55 bits per heavy atom. The molecule has 1 aromatic heterocycles. The summed E-state index contributed by atoms with van der Waals surface area (Å²) in [4.78, 5) is 24.0. The van der Waals surface area contributed by atoms with Crippen LogP contribution in [0.3, 0.4) is 0 Å². The molecule has 150 valence electrons. The topological polar surface area (TPSA) is 104 Å². The SMILES string of the molecule is COC(=O)c1ccccc1NC(=O)CSc1nnc(Cc2ccc(OC)cc2)o1. The fourth-order valence-corrected chi connectivity index (χ4v) is 3.06. The van der Waals surface area contributed by atoms with Crippen LogP contribution in [0, 0.1) is 0 Å². The number of benzene rings is 2. The minimum Gasteiger partial charge on any atom is -0.497 e. The Kier molecular flexibility index (Phi) is 6.85. The highest BCUT2D eigenvalue weighted by Crippen LogP contribution is 2.21. The first kappa shape index (κ1) is 20.4. The van der Waals surface area contributed by atoms with E-state index in [9.17, 15) is 9.59 Å². The first-order chi connectivity index (χ1) is 14.1. The largest absolute Gasteiger partial charge is 0.497 e. The lowest BCUT2D eigenvalue weighted by molar-refractivity contribution is -0.113. The third-order valence-electron chi connectivity index (χ3n) is 3.90. The van der Waals surface area contributed by atoms with Crippen molar-refractivity contribution in [3.8, 4) is 5.75 Å². The lowest BCUT2D eigenvalue weighted by atomic mass is 10.1. The maximum Gasteiger partial charge on any atom is 0.339 e. The van der Waals surface area contributed by atoms with Gasteiger partial charge in [-0.3, -0.25) is 4.79 Å². The van der Waals surface area contributed by atoms with E-state index >= 15 is 0 Å². The molecule has 8 nitrogen and oxygen atoms in total. The molecule has 0 spiro atoms. The number of anilines is 1. The van der Waals surface area contributed by atoms with Crippen molar-refractivity contribution in [3.63, 3.8) is 0 Å². The van der Waals surface area contributed by atoms with Gasteiger partial charge in [-0.15, -0.1) is 10.2 Å². The molecule has 0 unspecified atom stereocenters. The second-order valence-corrected chi connectivity index (χ2v) is 6.79. The number of ether oxygens (including phenoxy) is 2. The van der Waals surface area contributed by atoms with Gasteiger partial charge in [-0.05, 0) is 29.8 Å². The number of hydrogen-bond donors (Lipinski definition) is 1. The highest BCUT2D eigenvalue weighted by atomic mass is 32.2. The lowest BCUT2D eigenvalue weighted by Gasteiger charge is -2.08. The number of amides is 1. The Bertz CT molecular complexity index is 988. The van der Waals surface area contributed by atoms with Crippen LogP contribution in [-0.2, 0) is 16.0 Å². The van der Waals surface area contributed by atoms with Gasteiger partial charge in [0.15, 0.2) is 0 Å². The van der Waals surface area contributed by atoms with E-state index in [1.165, 1.54) is 7.11 Å². The molecule has 0 aliphatic heterocycles. The summed E-state index contributed by atoms with van der Waals surface area (Å²) in [5, 5.41) is 10.9. The highest BCUT2D eigenvalue weighted by molar-refractivity contribution is 7.99. The Balaban J connectivity index is 1.54. The zero-order valence-corrected chi connectivity index (χ0v) is 16.7. The van der Waals surface area contributed by atoms with Crippen molar-refractivity contribution in [3.05, 3.63) is 65.5 Å². The Labute approximate surface area is 171 Å². The van der Waals surface area contributed by atoms with E-state index in [4.69, 9.17) is 13.9 Å². The van der Waals surface area contributed by atoms with Crippen LogP contribution in [-0.4, -0.2) is 42.0 Å². The number of carbonyl (C=O) groups is 2. The van der Waals surface area contributed by atoms with Gasteiger partial charge in [0, 0.05) is 0 Å². The molecule has 1 N–H and O–H groups in total. The van der Waals surface area contributed by atoms with Crippen LogP contribution in [0.15, 0.2) is 58.2 Å². The molecule has 3 rings (SSSR count). The Morgan fingerprint density at radius 2 is 1.83 bits per heavy atom. The van der Waals surface area contributed by atoms with Crippen LogP contribution in [0.5, 0.6) is 5.75 Å². The molecule has 9 heteroatoms. The van der Waals surface area contributed by atoms with Gasteiger partial charge in [-0.2, -0.15) is 0 Å². The fraction of sp³-hybridized carbons (Fsp3) is 0.200. The van der Waals surface area contributed by atoms with Crippen molar-refractivity contribution in [2.45, 2.75) is 11.6 Å². The number of para-hydroxylation sites is 1. The second-order valence-electron chi connectivity index (χ2n) is 5.86. The Hall–Kier alpha value is -3.33. The van der Waals surface area contributed by atoms with Gasteiger partial charge in [0.05, 0.1) is 37.6 Å². The normalized spacial score (nSPS) is 10.4. The maximum atomic E-state index is 12.2. The monoisotopic (exact) mass is 413 g/mol. The van der Waals surface area contributed by atoms with Gasteiger partial charge in [0.2, 0.25) is 11.8 Å². The predicted octanol–water partition coefficient (Wildman–Crippen LogP) is 3.19. The van der Waals surface area contributed by atoms with E-state index in [-0.39, 0.29) is 17.2 Å². The minimum absolute atomic E-state index is 0.0552. The third kappa shape index (κ3) is 5.58. The number of aromatic nitrogens is 2. The fourth-order valence-electron chi connectivity index (χ4n) is 2.48. The summed E-state index contributed by atoms with van der Waals surface area (Å²) in [5.41, 5.74) is 1.67. The molecule has 0 saturated heterocycles. The van der Waals surface area contributed by atoms with Crippen LogP contribution in [0.2, 0.25) is 0 Å². The van der Waals surface area contributed by atoms with Crippen molar-refractivity contribution in [2.24, 2.45) is 0 Å². The van der Waals surface area contributed by atoms with E-state index in [1.54, 1.807) is 31.4 Å².